The van der Waals surface area contributed by atoms with Crippen molar-refractivity contribution >= 4 is 11.8 Å². The van der Waals surface area contributed by atoms with Crippen molar-refractivity contribution in [2.75, 3.05) is 19.8 Å². The van der Waals surface area contributed by atoms with E-state index in [1.807, 2.05) is 12.1 Å². The van der Waals surface area contributed by atoms with Crippen LogP contribution in [0.4, 0.5) is 0 Å². The Morgan fingerprint density at radius 2 is 1.93 bits per heavy atom. The Labute approximate surface area is 170 Å². The molecule has 6 heteroatoms. The molecule has 0 radical (unpaired) electrons. The Kier molecular flexibility index (Phi) is 5.25. The summed E-state index contributed by atoms with van der Waals surface area (Å²) in [6, 6.07) is 7.17. The van der Waals surface area contributed by atoms with E-state index in [4.69, 9.17) is 14.2 Å². The second-order valence-electron chi connectivity index (χ2n) is 8.20. The summed E-state index contributed by atoms with van der Waals surface area (Å²) in [5.41, 5.74) is 1.05. The van der Waals surface area contributed by atoms with Crippen LogP contribution in [0.2, 0.25) is 0 Å². The van der Waals surface area contributed by atoms with Crippen molar-refractivity contribution in [1.29, 1.82) is 0 Å². The van der Waals surface area contributed by atoms with Crippen molar-refractivity contribution in [3.8, 4) is 0 Å². The smallest absolute Gasteiger partial charge is 0.338 e. The number of rotatable bonds is 3. The van der Waals surface area contributed by atoms with Crippen LogP contribution < -0.4 is 0 Å². The van der Waals surface area contributed by atoms with Gasteiger partial charge in [0.05, 0.1) is 37.1 Å². The van der Waals surface area contributed by atoms with Crippen LogP contribution in [0.25, 0.3) is 0 Å². The maximum atomic E-state index is 13.6. The molecule has 6 nitrogen and oxygen atoms in total. The van der Waals surface area contributed by atoms with Gasteiger partial charge in [-0.2, -0.15) is 0 Å². The van der Waals surface area contributed by atoms with Gasteiger partial charge in [-0.05, 0) is 49.8 Å². The summed E-state index contributed by atoms with van der Waals surface area (Å²) in [7, 11) is 0. The average Bonchev–Trinajstić information content (AvgIpc) is 3.22. The highest BCUT2D eigenvalue weighted by Gasteiger charge is 2.61. The summed E-state index contributed by atoms with van der Waals surface area (Å²) in [5, 5.41) is 9.67. The molecule has 156 valence electrons. The summed E-state index contributed by atoms with van der Waals surface area (Å²) in [6.45, 7) is 5.35. The van der Waals surface area contributed by atoms with Gasteiger partial charge in [0.2, 0.25) is 0 Å². The van der Waals surface area contributed by atoms with E-state index in [-0.39, 0.29) is 23.6 Å². The van der Waals surface area contributed by atoms with Crippen LogP contribution in [-0.4, -0.2) is 42.5 Å². The summed E-state index contributed by atoms with van der Waals surface area (Å²) in [4.78, 5) is 25.6. The molecule has 2 saturated carbocycles. The molecular weight excluding hydrogens is 372 g/mol. The first-order valence-electron chi connectivity index (χ1n) is 10.4. The Morgan fingerprint density at radius 1 is 1.24 bits per heavy atom. The molecule has 2 aliphatic carbocycles. The lowest BCUT2D eigenvalue weighted by Crippen LogP contribution is -2.59. The highest BCUT2D eigenvalue weighted by molar-refractivity contribution is 6.04. The number of Topliss-reactive ketones (excluding diaryl/α,β-unsaturated/α-hetero) is 1. The maximum Gasteiger partial charge on any atom is 0.338 e. The number of hydrogen-bond acceptors (Lipinski definition) is 6. The highest BCUT2D eigenvalue weighted by Crippen LogP contribution is 2.58. The van der Waals surface area contributed by atoms with Crippen molar-refractivity contribution in [3.63, 3.8) is 0 Å². The predicted octanol–water partition coefficient (Wildman–Crippen LogP) is 3.70. The second kappa shape index (κ2) is 7.58. The number of ketones is 1. The van der Waals surface area contributed by atoms with E-state index in [1.54, 1.807) is 19.1 Å². The number of ether oxygens (including phenoxy) is 3. The van der Waals surface area contributed by atoms with E-state index < -0.39 is 11.2 Å². The summed E-state index contributed by atoms with van der Waals surface area (Å²) in [6.07, 6.45) is 3.48. The minimum absolute atomic E-state index is 0.0268. The van der Waals surface area contributed by atoms with Gasteiger partial charge in [-0.15, -0.1) is 0 Å². The Hall–Kier alpha value is -2.18. The predicted molar refractivity (Wildman–Crippen MR) is 106 cm³/mol. The van der Waals surface area contributed by atoms with Gasteiger partial charge < -0.3 is 19.3 Å². The fraction of sp³-hybridized carbons (Fsp3) is 0.565. The van der Waals surface area contributed by atoms with Gasteiger partial charge in [0.15, 0.2) is 11.6 Å². The summed E-state index contributed by atoms with van der Waals surface area (Å²) >= 11 is 0. The van der Waals surface area contributed by atoms with Crippen molar-refractivity contribution in [2.45, 2.75) is 50.7 Å². The molecule has 3 atom stereocenters. The molecule has 3 fully saturated rings. The number of carbonyl (C=O) groups is 2. The van der Waals surface area contributed by atoms with E-state index in [1.165, 1.54) is 0 Å². The lowest BCUT2D eigenvalue weighted by molar-refractivity contribution is -0.234. The third-order valence-corrected chi connectivity index (χ3v) is 7.06. The minimum Gasteiger partial charge on any atom is -0.515 e. The van der Waals surface area contributed by atoms with Gasteiger partial charge in [0.25, 0.3) is 0 Å². The first-order chi connectivity index (χ1) is 14.0. The van der Waals surface area contributed by atoms with E-state index in [9.17, 15) is 14.7 Å². The zero-order valence-corrected chi connectivity index (χ0v) is 17.0. The number of aliphatic hydroxyl groups excluding tert-OH is 1. The molecule has 1 aromatic rings. The first kappa shape index (κ1) is 20.1. The molecule has 1 spiro atoms. The topological polar surface area (TPSA) is 82.1 Å². The maximum absolute atomic E-state index is 13.6. The molecular formula is C23H28O6. The third kappa shape index (κ3) is 3.01. The van der Waals surface area contributed by atoms with Crippen LogP contribution in [0, 0.1) is 11.8 Å². The van der Waals surface area contributed by atoms with Crippen LogP contribution in [0.15, 0.2) is 36.1 Å². The van der Waals surface area contributed by atoms with Crippen molar-refractivity contribution in [2.24, 2.45) is 11.8 Å². The van der Waals surface area contributed by atoms with E-state index >= 15 is 0 Å². The molecule has 0 unspecified atom stereocenters. The molecule has 1 N–H and O–H groups in total. The molecule has 0 aromatic heterocycles. The number of carbonyl (C=O) groups excluding carboxylic acids is 2. The van der Waals surface area contributed by atoms with Gasteiger partial charge in [0.1, 0.15) is 0 Å². The minimum atomic E-state index is -0.750. The molecule has 1 saturated heterocycles. The molecule has 1 heterocycles. The number of hydrogen-bond donors (Lipinski definition) is 1. The van der Waals surface area contributed by atoms with Gasteiger partial charge in [0, 0.05) is 17.9 Å². The van der Waals surface area contributed by atoms with Gasteiger partial charge in [-0.25, -0.2) is 4.79 Å². The van der Waals surface area contributed by atoms with Crippen LogP contribution in [0.3, 0.4) is 0 Å². The lowest BCUT2D eigenvalue weighted by Gasteiger charge is -2.55. The van der Waals surface area contributed by atoms with E-state index in [2.05, 4.69) is 6.92 Å². The number of benzene rings is 1. The SMILES string of the molecule is CCOC(=O)c1ccc([C@]23CCC4(OCCO4)[C@@H](C)[C@@H]2CC/C(=C/O)C3=O)cc1. The van der Waals surface area contributed by atoms with Crippen LogP contribution in [0.5, 0.6) is 0 Å². The Bertz CT molecular complexity index is 820. The van der Waals surface area contributed by atoms with Crippen LogP contribution >= 0.6 is 0 Å². The average molecular weight is 400 g/mol. The second-order valence-corrected chi connectivity index (χ2v) is 8.20. The standard InChI is InChI=1S/C23H28O6/c1-3-27-21(26)16-4-7-18(8-5-16)22-10-11-23(28-12-13-29-23)15(2)19(22)9-6-17(14-24)20(22)25/h4-5,7-8,14-15,19,24H,3,6,9-13H2,1-2H3/b17-14-/t15-,19-,22+/m0/s1. The number of fused-ring (bicyclic) bond motifs is 1. The zero-order chi connectivity index (χ0) is 20.6. The van der Waals surface area contributed by atoms with Crippen molar-refractivity contribution < 1.29 is 28.9 Å². The van der Waals surface area contributed by atoms with Crippen LogP contribution in [0.1, 0.15) is 55.5 Å². The molecule has 0 amide bonds. The zero-order valence-electron chi connectivity index (χ0n) is 17.0. The Balaban J connectivity index is 1.75. The fourth-order valence-corrected chi connectivity index (χ4v) is 5.62. The van der Waals surface area contributed by atoms with Crippen molar-refractivity contribution in [3.05, 3.63) is 47.2 Å². The summed E-state index contributed by atoms with van der Waals surface area (Å²) in [5.74, 6) is -0.964. The fourth-order valence-electron chi connectivity index (χ4n) is 5.62. The van der Waals surface area contributed by atoms with Gasteiger partial charge in [-0.3, -0.25) is 4.79 Å². The molecule has 0 bridgehead atoms. The normalized spacial score (nSPS) is 32.3. The quantitative estimate of drug-likeness (QED) is 0.473. The van der Waals surface area contributed by atoms with Crippen molar-refractivity contribution in [1.82, 2.24) is 0 Å². The highest BCUT2D eigenvalue weighted by atomic mass is 16.7. The van der Waals surface area contributed by atoms with E-state index in [0.29, 0.717) is 50.2 Å². The van der Waals surface area contributed by atoms with E-state index in [0.717, 1.165) is 18.2 Å². The molecule has 29 heavy (non-hydrogen) atoms. The number of aliphatic hydroxyl groups is 1. The van der Waals surface area contributed by atoms with Crippen LogP contribution in [-0.2, 0) is 24.4 Å². The third-order valence-electron chi connectivity index (χ3n) is 7.06. The summed E-state index contributed by atoms with van der Waals surface area (Å²) < 4.78 is 17.1. The molecule has 1 aromatic carbocycles. The van der Waals surface area contributed by atoms with Gasteiger partial charge in [-0.1, -0.05) is 19.1 Å². The lowest BCUT2D eigenvalue weighted by atomic mass is 9.51. The molecule has 3 aliphatic rings. The largest absolute Gasteiger partial charge is 0.515 e. The first-order valence-corrected chi connectivity index (χ1v) is 10.4. The number of esters is 1. The Morgan fingerprint density at radius 3 is 2.55 bits per heavy atom. The molecule has 4 rings (SSSR count). The van der Waals surface area contributed by atoms with Gasteiger partial charge >= 0.3 is 5.97 Å². The monoisotopic (exact) mass is 400 g/mol. The number of allylic oxidation sites excluding steroid dienone is 1. The molecule has 1 aliphatic heterocycles.